The summed E-state index contributed by atoms with van der Waals surface area (Å²) in [7, 11) is 1.91. The quantitative estimate of drug-likeness (QED) is 0.788. The molecule has 4 heterocycles. The van der Waals surface area contributed by atoms with Gasteiger partial charge in [-0.25, -0.2) is 0 Å². The van der Waals surface area contributed by atoms with Crippen molar-refractivity contribution in [2.24, 2.45) is 7.05 Å². The molecule has 150 valence electrons. The van der Waals surface area contributed by atoms with Gasteiger partial charge >= 0.3 is 0 Å². The van der Waals surface area contributed by atoms with Gasteiger partial charge in [0.05, 0.1) is 31.4 Å². The molecule has 7 nitrogen and oxygen atoms in total. The maximum atomic E-state index is 13.2. The van der Waals surface area contributed by atoms with Crippen LogP contribution in [0, 0.1) is 0 Å². The van der Waals surface area contributed by atoms with E-state index in [-0.39, 0.29) is 18.1 Å². The molecule has 0 spiro atoms. The number of carbonyl (C=O) groups excluding carboxylic acids is 1. The molecular formula is C21H29N5O2. The Kier molecular flexibility index (Phi) is 6.02. The third-order valence-corrected chi connectivity index (χ3v) is 5.70. The number of morpholine rings is 1. The van der Waals surface area contributed by atoms with Gasteiger partial charge < -0.3 is 14.5 Å². The molecule has 4 rings (SSSR count). The Balaban J connectivity index is 1.55. The lowest BCUT2D eigenvalue weighted by atomic mass is 9.98. The lowest BCUT2D eigenvalue weighted by molar-refractivity contribution is -0.148. The molecule has 1 amide bonds. The van der Waals surface area contributed by atoms with Crippen molar-refractivity contribution in [1.82, 2.24) is 24.6 Å². The van der Waals surface area contributed by atoms with E-state index in [1.54, 1.807) is 17.1 Å². The maximum absolute atomic E-state index is 13.2. The largest absolute Gasteiger partial charge is 0.373 e. The molecule has 0 saturated carbocycles. The van der Waals surface area contributed by atoms with E-state index in [0.29, 0.717) is 19.6 Å². The van der Waals surface area contributed by atoms with Crippen LogP contribution in [0.2, 0.25) is 0 Å². The first kappa shape index (κ1) is 19.1. The molecule has 0 N–H and O–H groups in total. The number of amides is 1. The second-order valence-corrected chi connectivity index (χ2v) is 7.79. The smallest absolute Gasteiger partial charge is 0.227 e. The zero-order chi connectivity index (χ0) is 19.3. The number of aryl methyl sites for hydroxylation is 1. The Hall–Kier alpha value is -2.25. The van der Waals surface area contributed by atoms with Gasteiger partial charge in [0, 0.05) is 44.3 Å². The second-order valence-electron chi connectivity index (χ2n) is 7.79. The minimum atomic E-state index is -0.103. The number of rotatable bonds is 5. The Morgan fingerprint density at radius 1 is 1.21 bits per heavy atom. The predicted molar refractivity (Wildman–Crippen MR) is 106 cm³/mol. The first-order chi connectivity index (χ1) is 13.7. The predicted octanol–water partition coefficient (Wildman–Crippen LogP) is 1.81. The van der Waals surface area contributed by atoms with Gasteiger partial charge in [-0.2, -0.15) is 5.10 Å². The fraction of sp³-hybridized carbons (Fsp3) is 0.571. The fourth-order valence-corrected chi connectivity index (χ4v) is 4.33. The van der Waals surface area contributed by atoms with Crippen LogP contribution in [-0.4, -0.2) is 69.4 Å². The van der Waals surface area contributed by atoms with Crippen LogP contribution in [0.1, 0.15) is 36.4 Å². The van der Waals surface area contributed by atoms with Crippen LogP contribution < -0.4 is 0 Å². The topological polar surface area (TPSA) is 63.5 Å². The Morgan fingerprint density at radius 2 is 2.07 bits per heavy atom. The third kappa shape index (κ3) is 4.42. The Labute approximate surface area is 166 Å². The van der Waals surface area contributed by atoms with Gasteiger partial charge in [0.25, 0.3) is 0 Å². The molecule has 0 aliphatic carbocycles. The molecule has 0 radical (unpaired) electrons. The molecule has 2 saturated heterocycles. The Bertz CT molecular complexity index is 772. The molecular weight excluding hydrogens is 354 g/mol. The number of carbonyl (C=O) groups is 1. The van der Waals surface area contributed by atoms with Crippen LogP contribution in [0.25, 0.3) is 0 Å². The number of likely N-dealkylation sites (tertiary alicyclic amines) is 1. The number of hydrogen-bond donors (Lipinski definition) is 0. The van der Waals surface area contributed by atoms with Crippen LogP contribution in [0.15, 0.2) is 36.9 Å². The highest BCUT2D eigenvalue weighted by Crippen LogP contribution is 2.31. The lowest BCUT2D eigenvalue weighted by Crippen LogP contribution is -2.52. The van der Waals surface area contributed by atoms with Crippen molar-refractivity contribution in [2.75, 3.05) is 32.8 Å². The van der Waals surface area contributed by atoms with Crippen LogP contribution in [0.4, 0.5) is 0 Å². The van der Waals surface area contributed by atoms with E-state index < -0.39 is 0 Å². The standard InChI is InChI=1S/C21H29N5O2/c1-24-15-18(14-23-24)21-19(16-25-8-3-2-4-9-25)28-11-10-26(21)20(27)12-17-6-5-7-22-13-17/h5-7,13-15,19,21H,2-4,8-12,16H2,1H3/t19-,21-/m0/s1. The fourth-order valence-electron chi connectivity index (χ4n) is 4.33. The highest BCUT2D eigenvalue weighted by molar-refractivity contribution is 5.79. The molecule has 7 heteroatoms. The minimum absolute atomic E-state index is 0.0334. The molecule has 28 heavy (non-hydrogen) atoms. The van der Waals surface area contributed by atoms with Crippen molar-refractivity contribution in [3.05, 3.63) is 48.0 Å². The number of pyridine rings is 1. The van der Waals surface area contributed by atoms with Crippen molar-refractivity contribution in [3.8, 4) is 0 Å². The zero-order valence-corrected chi connectivity index (χ0v) is 16.5. The van der Waals surface area contributed by atoms with Crippen LogP contribution in [0.5, 0.6) is 0 Å². The molecule has 2 atom stereocenters. The summed E-state index contributed by atoms with van der Waals surface area (Å²) in [6.07, 6.45) is 11.5. The van der Waals surface area contributed by atoms with E-state index in [2.05, 4.69) is 15.0 Å². The van der Waals surface area contributed by atoms with Gasteiger partial charge in [0.1, 0.15) is 0 Å². The number of piperidine rings is 1. The average molecular weight is 383 g/mol. The zero-order valence-electron chi connectivity index (χ0n) is 16.5. The van der Waals surface area contributed by atoms with Gasteiger partial charge in [-0.3, -0.25) is 14.5 Å². The van der Waals surface area contributed by atoms with Gasteiger partial charge in [-0.05, 0) is 37.6 Å². The first-order valence-electron chi connectivity index (χ1n) is 10.2. The molecule has 0 unspecified atom stereocenters. The van der Waals surface area contributed by atoms with Crippen molar-refractivity contribution in [1.29, 1.82) is 0 Å². The van der Waals surface area contributed by atoms with Crippen molar-refractivity contribution >= 4 is 5.91 Å². The van der Waals surface area contributed by atoms with Crippen LogP contribution in [-0.2, 0) is 23.0 Å². The lowest BCUT2D eigenvalue weighted by Gasteiger charge is -2.43. The van der Waals surface area contributed by atoms with Crippen molar-refractivity contribution < 1.29 is 9.53 Å². The van der Waals surface area contributed by atoms with E-state index >= 15 is 0 Å². The molecule has 0 bridgehead atoms. The van der Waals surface area contributed by atoms with Crippen molar-refractivity contribution in [3.63, 3.8) is 0 Å². The third-order valence-electron chi connectivity index (χ3n) is 5.70. The van der Waals surface area contributed by atoms with Gasteiger partial charge in [-0.1, -0.05) is 12.5 Å². The van der Waals surface area contributed by atoms with Crippen LogP contribution in [0.3, 0.4) is 0 Å². The van der Waals surface area contributed by atoms with E-state index in [1.165, 1.54) is 19.3 Å². The van der Waals surface area contributed by atoms with Crippen LogP contribution >= 0.6 is 0 Å². The highest BCUT2D eigenvalue weighted by Gasteiger charge is 2.38. The van der Waals surface area contributed by atoms with E-state index in [4.69, 9.17) is 4.74 Å². The maximum Gasteiger partial charge on any atom is 0.227 e. The van der Waals surface area contributed by atoms with E-state index in [9.17, 15) is 4.79 Å². The highest BCUT2D eigenvalue weighted by atomic mass is 16.5. The van der Waals surface area contributed by atoms with Crippen molar-refractivity contribution in [2.45, 2.75) is 37.8 Å². The Morgan fingerprint density at radius 3 is 2.79 bits per heavy atom. The van der Waals surface area contributed by atoms with E-state index in [1.807, 2.05) is 36.5 Å². The average Bonchev–Trinajstić information content (AvgIpc) is 3.15. The molecule has 0 aromatic carbocycles. The monoisotopic (exact) mass is 383 g/mol. The summed E-state index contributed by atoms with van der Waals surface area (Å²) >= 11 is 0. The normalized spacial score (nSPS) is 23.7. The number of aromatic nitrogens is 3. The summed E-state index contributed by atoms with van der Waals surface area (Å²) in [5, 5.41) is 4.35. The molecule has 2 aromatic heterocycles. The van der Waals surface area contributed by atoms with Gasteiger partial charge in [-0.15, -0.1) is 0 Å². The summed E-state index contributed by atoms with van der Waals surface area (Å²) in [6.45, 7) is 4.27. The number of nitrogens with zero attached hydrogens (tertiary/aromatic N) is 5. The summed E-state index contributed by atoms with van der Waals surface area (Å²) in [4.78, 5) is 21.8. The number of ether oxygens (including phenoxy) is 1. The van der Waals surface area contributed by atoms with Gasteiger partial charge in [0.15, 0.2) is 0 Å². The molecule has 2 aliphatic rings. The second kappa shape index (κ2) is 8.84. The summed E-state index contributed by atoms with van der Waals surface area (Å²) in [5.41, 5.74) is 1.99. The SMILES string of the molecule is Cn1cc([C@H]2[C@H](CN3CCCCC3)OCCN2C(=O)Cc2cccnc2)cn1. The van der Waals surface area contributed by atoms with Gasteiger partial charge in [0.2, 0.25) is 5.91 Å². The number of hydrogen-bond acceptors (Lipinski definition) is 5. The van der Waals surface area contributed by atoms with E-state index in [0.717, 1.165) is 30.8 Å². The minimum Gasteiger partial charge on any atom is -0.373 e. The molecule has 2 aromatic rings. The summed E-state index contributed by atoms with van der Waals surface area (Å²) in [6, 6.07) is 3.73. The molecule has 2 fully saturated rings. The summed E-state index contributed by atoms with van der Waals surface area (Å²) in [5.74, 6) is 0.119. The molecule has 2 aliphatic heterocycles. The first-order valence-corrected chi connectivity index (χ1v) is 10.2. The summed E-state index contributed by atoms with van der Waals surface area (Å²) < 4.78 is 8.00.